The topological polar surface area (TPSA) is 90.7 Å². The summed E-state index contributed by atoms with van der Waals surface area (Å²) in [6, 6.07) is 2.52. The van der Waals surface area contributed by atoms with Gasteiger partial charge < -0.3 is 16.2 Å². The summed E-state index contributed by atoms with van der Waals surface area (Å²) in [5, 5.41) is 0. The van der Waals surface area contributed by atoms with Gasteiger partial charge in [-0.05, 0) is 18.2 Å². The van der Waals surface area contributed by atoms with Gasteiger partial charge in [-0.2, -0.15) is 0 Å². The molecular weight excluding hydrogens is 275 g/mol. The number of rotatable bonds is 3. The summed E-state index contributed by atoms with van der Waals surface area (Å²) in [6.07, 6.45) is -1.95. The van der Waals surface area contributed by atoms with Crippen molar-refractivity contribution in [3.8, 4) is 0 Å². The van der Waals surface area contributed by atoms with E-state index < -0.39 is 48.3 Å². The molecule has 4 N–H and O–H groups in total. The highest BCUT2D eigenvalue weighted by atomic mass is 19.1. The number of ether oxygens (including phenoxy) is 1. The lowest BCUT2D eigenvalue weighted by Crippen LogP contribution is -2.50. The third-order valence-corrected chi connectivity index (χ3v) is 3.11. The average Bonchev–Trinajstić information content (AvgIpc) is 2.42. The van der Waals surface area contributed by atoms with Crippen molar-refractivity contribution < 1.29 is 22.7 Å². The largest absolute Gasteiger partial charge is 0.448 e. The Morgan fingerprint density at radius 1 is 1.55 bits per heavy atom. The molecular formula is C12H12F3N3O2. The molecule has 0 aliphatic carbocycles. The molecule has 108 valence electrons. The van der Waals surface area contributed by atoms with Gasteiger partial charge in [-0.25, -0.2) is 18.2 Å². The van der Waals surface area contributed by atoms with Gasteiger partial charge >= 0.3 is 0 Å². The highest BCUT2D eigenvalue weighted by Gasteiger charge is 2.48. The number of benzene rings is 1. The molecule has 20 heavy (non-hydrogen) atoms. The summed E-state index contributed by atoms with van der Waals surface area (Å²) in [6.45, 7) is -1.83. The van der Waals surface area contributed by atoms with Crippen LogP contribution in [0.5, 0.6) is 0 Å². The van der Waals surface area contributed by atoms with E-state index in [-0.39, 0.29) is 5.56 Å². The number of nitrogens with two attached hydrogens (primary N) is 2. The van der Waals surface area contributed by atoms with Crippen molar-refractivity contribution in [2.45, 2.75) is 11.8 Å². The lowest BCUT2D eigenvalue weighted by Gasteiger charge is -2.36. The number of amides is 1. The molecule has 5 nitrogen and oxygen atoms in total. The summed E-state index contributed by atoms with van der Waals surface area (Å²) in [5.74, 6) is -1.78. The van der Waals surface area contributed by atoms with Crippen LogP contribution < -0.4 is 11.5 Å². The second-order valence-electron chi connectivity index (χ2n) is 4.33. The molecule has 0 spiro atoms. The van der Waals surface area contributed by atoms with Crippen LogP contribution >= 0.6 is 0 Å². The molecule has 0 fully saturated rings. The van der Waals surface area contributed by atoms with E-state index in [1.54, 1.807) is 0 Å². The van der Waals surface area contributed by atoms with Crippen LogP contribution in [0.15, 0.2) is 23.2 Å². The van der Waals surface area contributed by atoms with E-state index in [0.717, 1.165) is 18.2 Å². The fourth-order valence-corrected chi connectivity index (χ4v) is 2.01. The Morgan fingerprint density at radius 3 is 2.85 bits per heavy atom. The maximum atomic E-state index is 14.1. The number of aliphatic imine (C=N–C) groups is 1. The van der Waals surface area contributed by atoms with Gasteiger partial charge in [0.1, 0.15) is 12.5 Å². The summed E-state index contributed by atoms with van der Waals surface area (Å²) >= 11 is 0. The van der Waals surface area contributed by atoms with Gasteiger partial charge in [0.15, 0.2) is 6.17 Å². The van der Waals surface area contributed by atoms with E-state index in [9.17, 15) is 18.0 Å². The van der Waals surface area contributed by atoms with Crippen molar-refractivity contribution in [2.24, 2.45) is 16.5 Å². The van der Waals surface area contributed by atoms with E-state index in [4.69, 9.17) is 16.2 Å². The Bertz CT molecular complexity index is 579. The predicted octanol–water partition coefficient (Wildman–Crippen LogP) is 0.772. The highest BCUT2D eigenvalue weighted by Crippen LogP contribution is 2.36. The lowest BCUT2D eigenvalue weighted by molar-refractivity contribution is -0.0563. The zero-order valence-electron chi connectivity index (χ0n) is 10.3. The van der Waals surface area contributed by atoms with Gasteiger partial charge in [-0.3, -0.25) is 4.79 Å². The first kappa shape index (κ1) is 14.2. The van der Waals surface area contributed by atoms with Crippen LogP contribution in [0.25, 0.3) is 0 Å². The Balaban J connectivity index is 2.59. The van der Waals surface area contributed by atoms with Crippen molar-refractivity contribution >= 4 is 11.9 Å². The van der Waals surface area contributed by atoms with Crippen LogP contribution in [0.4, 0.5) is 13.2 Å². The lowest BCUT2D eigenvalue weighted by atomic mass is 9.87. The smallest absolute Gasteiger partial charge is 0.283 e. The van der Waals surface area contributed by atoms with Crippen molar-refractivity contribution in [1.82, 2.24) is 0 Å². The van der Waals surface area contributed by atoms with Crippen molar-refractivity contribution in [2.75, 3.05) is 13.2 Å². The van der Waals surface area contributed by atoms with Gasteiger partial charge in [0.2, 0.25) is 11.5 Å². The predicted molar refractivity (Wildman–Crippen MR) is 65.0 cm³/mol. The zero-order valence-corrected chi connectivity index (χ0v) is 10.3. The quantitative estimate of drug-likeness (QED) is 0.860. The molecule has 0 radical (unpaired) electrons. The summed E-state index contributed by atoms with van der Waals surface area (Å²) in [7, 11) is 0. The Kier molecular flexibility index (Phi) is 3.56. The van der Waals surface area contributed by atoms with Crippen LogP contribution in [-0.4, -0.2) is 31.3 Å². The number of carbonyl (C=O) groups is 1. The zero-order chi connectivity index (χ0) is 14.9. The Hall–Kier alpha value is -2.25. The fourth-order valence-electron chi connectivity index (χ4n) is 2.01. The standard InChI is InChI=1S/C12H12F3N3O2/c13-5-12(9(15)4-18-11(17)20-12)7-3-6(10(16)19)1-2-8(7)14/h1-3,9H,4-5H2,(H2,16,19)(H2,17,18)/t9-,12-/m1/s1. The number of nitrogens with zero attached hydrogens (tertiary/aromatic N) is 1. The first-order valence-corrected chi connectivity index (χ1v) is 5.69. The van der Waals surface area contributed by atoms with Gasteiger partial charge in [0.25, 0.3) is 6.02 Å². The minimum absolute atomic E-state index is 0.0916. The molecule has 1 aliphatic rings. The number of amidine groups is 1. The van der Waals surface area contributed by atoms with Gasteiger partial charge in [-0.1, -0.05) is 0 Å². The molecule has 0 saturated heterocycles. The SMILES string of the molecule is NC(=O)c1ccc(F)c([C@@]2(CF)OC(N)=NC[C@H]2F)c1. The van der Waals surface area contributed by atoms with E-state index >= 15 is 0 Å². The number of alkyl halides is 2. The molecule has 1 aromatic rings. The first-order chi connectivity index (χ1) is 9.40. The second kappa shape index (κ2) is 5.03. The summed E-state index contributed by atoms with van der Waals surface area (Å²) < 4.78 is 46.3. The van der Waals surface area contributed by atoms with Crippen molar-refractivity contribution in [1.29, 1.82) is 0 Å². The van der Waals surface area contributed by atoms with E-state index in [1.165, 1.54) is 0 Å². The van der Waals surface area contributed by atoms with Crippen LogP contribution in [0, 0.1) is 5.82 Å². The molecule has 1 heterocycles. The molecule has 1 amide bonds. The van der Waals surface area contributed by atoms with Crippen LogP contribution in [-0.2, 0) is 10.3 Å². The molecule has 2 atom stereocenters. The summed E-state index contributed by atoms with van der Waals surface area (Å²) in [4.78, 5) is 14.6. The van der Waals surface area contributed by atoms with E-state index in [2.05, 4.69) is 4.99 Å². The normalized spacial score (nSPS) is 25.8. The summed E-state index contributed by atoms with van der Waals surface area (Å²) in [5.41, 5.74) is 7.57. The fraction of sp³-hybridized carbons (Fsp3) is 0.333. The molecule has 1 aromatic carbocycles. The molecule has 0 saturated carbocycles. The van der Waals surface area contributed by atoms with Gasteiger partial charge in [-0.15, -0.1) is 0 Å². The molecule has 0 unspecified atom stereocenters. The molecule has 2 rings (SSSR count). The van der Waals surface area contributed by atoms with E-state index in [0.29, 0.717) is 0 Å². The number of primary amides is 1. The van der Waals surface area contributed by atoms with E-state index in [1.807, 2.05) is 0 Å². The Labute approximate surface area is 112 Å². The minimum Gasteiger partial charge on any atom is -0.448 e. The minimum atomic E-state index is -2.26. The molecule has 1 aliphatic heterocycles. The van der Waals surface area contributed by atoms with Crippen molar-refractivity contribution in [3.63, 3.8) is 0 Å². The highest BCUT2D eigenvalue weighted by molar-refractivity contribution is 5.93. The van der Waals surface area contributed by atoms with Gasteiger partial charge in [0.05, 0.1) is 6.54 Å². The number of hydrogen-bond acceptors (Lipinski definition) is 4. The maximum Gasteiger partial charge on any atom is 0.283 e. The molecule has 0 bridgehead atoms. The first-order valence-electron chi connectivity index (χ1n) is 5.69. The van der Waals surface area contributed by atoms with Crippen LogP contribution in [0.3, 0.4) is 0 Å². The van der Waals surface area contributed by atoms with Gasteiger partial charge in [0, 0.05) is 11.1 Å². The third-order valence-electron chi connectivity index (χ3n) is 3.11. The monoisotopic (exact) mass is 287 g/mol. The molecule has 8 heteroatoms. The number of halogens is 3. The van der Waals surface area contributed by atoms with Crippen LogP contribution in [0.2, 0.25) is 0 Å². The number of carbonyl (C=O) groups excluding carboxylic acids is 1. The average molecular weight is 287 g/mol. The molecule has 0 aromatic heterocycles. The Morgan fingerprint density at radius 2 is 2.25 bits per heavy atom. The second-order valence-corrected chi connectivity index (χ2v) is 4.33. The third kappa shape index (κ3) is 2.17. The van der Waals surface area contributed by atoms with Crippen molar-refractivity contribution in [3.05, 3.63) is 35.1 Å². The maximum absolute atomic E-state index is 14.1. The van der Waals surface area contributed by atoms with Crippen LogP contribution in [0.1, 0.15) is 15.9 Å². The number of hydrogen-bond donors (Lipinski definition) is 2.